The third-order valence-corrected chi connectivity index (χ3v) is 2.74. The van der Waals surface area contributed by atoms with Crippen LogP contribution >= 0.6 is 0 Å². The summed E-state index contributed by atoms with van der Waals surface area (Å²) in [4.78, 5) is 4.53. The van der Waals surface area contributed by atoms with E-state index < -0.39 is 0 Å². The minimum absolute atomic E-state index is 0.996. The second-order valence-electron chi connectivity index (χ2n) is 3.58. The zero-order chi connectivity index (χ0) is 9.71. The Labute approximate surface area is 81.6 Å². The molecule has 3 nitrogen and oxygen atoms in total. The fourth-order valence-corrected chi connectivity index (χ4v) is 1.81. The van der Waals surface area contributed by atoms with Crippen molar-refractivity contribution in [2.45, 2.75) is 13.8 Å². The van der Waals surface area contributed by atoms with Crippen LogP contribution in [0, 0.1) is 13.8 Å². The smallest absolute Gasteiger partial charge is 0.219 e. The molecule has 14 heavy (non-hydrogen) atoms. The molecule has 70 valence electrons. The van der Waals surface area contributed by atoms with Gasteiger partial charge in [0.15, 0.2) is 0 Å². The van der Waals surface area contributed by atoms with E-state index in [0.717, 1.165) is 11.5 Å². The van der Waals surface area contributed by atoms with Gasteiger partial charge in [0, 0.05) is 18.1 Å². The van der Waals surface area contributed by atoms with Gasteiger partial charge < -0.3 is 0 Å². The first-order valence-corrected chi connectivity index (χ1v) is 4.69. The zero-order valence-electron chi connectivity index (χ0n) is 8.23. The van der Waals surface area contributed by atoms with E-state index >= 15 is 0 Å². The van der Waals surface area contributed by atoms with Gasteiger partial charge in [-0.05, 0) is 26.0 Å². The highest BCUT2D eigenvalue weighted by atomic mass is 15.2. The van der Waals surface area contributed by atoms with Crippen molar-refractivity contribution < 1.29 is 0 Å². The lowest BCUT2D eigenvalue weighted by Crippen LogP contribution is -1.83. The molecule has 0 aliphatic rings. The summed E-state index contributed by atoms with van der Waals surface area (Å²) >= 11 is 0. The maximum absolute atomic E-state index is 4.53. The van der Waals surface area contributed by atoms with Crippen LogP contribution in [0.1, 0.15) is 11.4 Å². The molecule has 0 spiro atoms. The fraction of sp³-hybridized carbons (Fsp3) is 0.182. The molecule has 0 amide bonds. The van der Waals surface area contributed by atoms with E-state index in [2.05, 4.69) is 33.0 Å². The number of fused-ring (bicyclic) bond motifs is 3. The molecular formula is C11H11N3. The van der Waals surface area contributed by atoms with Gasteiger partial charge in [-0.2, -0.15) is 0 Å². The maximum Gasteiger partial charge on any atom is 0.219 e. The van der Waals surface area contributed by atoms with Crippen molar-refractivity contribution in [3.05, 3.63) is 42.0 Å². The third kappa shape index (κ3) is 0.789. The minimum Gasteiger partial charge on any atom is -0.287 e. The van der Waals surface area contributed by atoms with Gasteiger partial charge in [-0.15, -0.1) is 0 Å². The van der Waals surface area contributed by atoms with Crippen molar-refractivity contribution in [1.82, 2.24) is 13.8 Å². The van der Waals surface area contributed by atoms with Crippen molar-refractivity contribution in [2.75, 3.05) is 0 Å². The highest BCUT2D eigenvalue weighted by molar-refractivity contribution is 5.56. The Hall–Kier alpha value is -1.77. The van der Waals surface area contributed by atoms with Crippen LogP contribution in [0.15, 0.2) is 30.6 Å². The first-order chi connectivity index (χ1) is 6.77. The van der Waals surface area contributed by atoms with E-state index in [1.165, 1.54) is 11.2 Å². The average molecular weight is 185 g/mol. The predicted octanol–water partition coefficient (Wildman–Crippen LogP) is 2.20. The lowest BCUT2D eigenvalue weighted by Gasteiger charge is -1.90. The Morgan fingerprint density at radius 3 is 2.86 bits per heavy atom. The molecule has 3 heteroatoms. The van der Waals surface area contributed by atoms with Crippen LogP contribution in [0.25, 0.3) is 11.3 Å². The van der Waals surface area contributed by atoms with Crippen LogP contribution in [0.3, 0.4) is 0 Å². The van der Waals surface area contributed by atoms with Crippen LogP contribution in [0.4, 0.5) is 0 Å². The molecule has 0 saturated heterocycles. The normalized spacial score (nSPS) is 11.6. The van der Waals surface area contributed by atoms with Crippen molar-refractivity contribution in [3.8, 4) is 0 Å². The van der Waals surface area contributed by atoms with Crippen molar-refractivity contribution in [1.29, 1.82) is 0 Å². The van der Waals surface area contributed by atoms with Crippen LogP contribution in [-0.4, -0.2) is 13.8 Å². The lowest BCUT2D eigenvalue weighted by molar-refractivity contribution is 1.10. The SMILES string of the molecule is Cc1nc2n(cc3ccccn32)c1C. The van der Waals surface area contributed by atoms with E-state index in [0.29, 0.717) is 0 Å². The van der Waals surface area contributed by atoms with Crippen molar-refractivity contribution >= 4 is 11.3 Å². The van der Waals surface area contributed by atoms with Crippen molar-refractivity contribution in [2.24, 2.45) is 0 Å². The Balaban J connectivity index is 2.60. The Kier molecular flexibility index (Phi) is 1.29. The number of aromatic nitrogens is 3. The molecule has 0 radical (unpaired) electrons. The van der Waals surface area contributed by atoms with Crippen LogP contribution in [0.5, 0.6) is 0 Å². The molecule has 0 aliphatic carbocycles. The molecule has 3 aromatic heterocycles. The number of aryl methyl sites for hydroxylation is 2. The van der Waals surface area contributed by atoms with Gasteiger partial charge in [0.1, 0.15) is 0 Å². The topological polar surface area (TPSA) is 21.7 Å². The van der Waals surface area contributed by atoms with Crippen molar-refractivity contribution in [3.63, 3.8) is 0 Å². The molecule has 3 rings (SSSR count). The molecule has 0 atom stereocenters. The predicted molar refractivity (Wildman–Crippen MR) is 55.6 cm³/mol. The monoisotopic (exact) mass is 185 g/mol. The lowest BCUT2D eigenvalue weighted by atomic mass is 10.4. The Bertz CT molecular complexity index is 616. The van der Waals surface area contributed by atoms with Gasteiger partial charge in [-0.25, -0.2) is 4.98 Å². The summed E-state index contributed by atoms with van der Waals surface area (Å²) in [6.45, 7) is 4.13. The standard InChI is InChI=1S/C11H11N3/c1-8-9(2)14-7-10-5-3-4-6-13(10)11(14)12-8/h3-7H,1-2H3. The summed E-state index contributed by atoms with van der Waals surface area (Å²) in [7, 11) is 0. The molecule has 0 aliphatic heterocycles. The molecule has 0 N–H and O–H groups in total. The van der Waals surface area contributed by atoms with E-state index in [9.17, 15) is 0 Å². The highest BCUT2D eigenvalue weighted by Crippen LogP contribution is 2.15. The number of pyridine rings is 1. The van der Waals surface area contributed by atoms with Gasteiger partial charge >= 0.3 is 0 Å². The molecule has 0 unspecified atom stereocenters. The summed E-state index contributed by atoms with van der Waals surface area (Å²) in [5, 5.41) is 0. The van der Waals surface area contributed by atoms with E-state index in [-0.39, 0.29) is 0 Å². The van der Waals surface area contributed by atoms with Gasteiger partial charge in [-0.3, -0.25) is 8.80 Å². The second-order valence-corrected chi connectivity index (χ2v) is 3.58. The van der Waals surface area contributed by atoms with Gasteiger partial charge in [0.2, 0.25) is 5.78 Å². The molecule has 0 aromatic carbocycles. The number of rotatable bonds is 0. The molecule has 3 aromatic rings. The largest absolute Gasteiger partial charge is 0.287 e. The third-order valence-electron chi connectivity index (χ3n) is 2.74. The van der Waals surface area contributed by atoms with Gasteiger partial charge in [-0.1, -0.05) is 6.07 Å². The van der Waals surface area contributed by atoms with E-state index in [1.807, 2.05) is 25.3 Å². The van der Waals surface area contributed by atoms with Gasteiger partial charge in [0.05, 0.1) is 11.2 Å². The van der Waals surface area contributed by atoms with E-state index in [4.69, 9.17) is 0 Å². The summed E-state index contributed by atoms with van der Waals surface area (Å²) in [5.41, 5.74) is 3.49. The first kappa shape index (κ1) is 7.62. The number of hydrogen-bond acceptors (Lipinski definition) is 1. The molecule has 0 bridgehead atoms. The quantitative estimate of drug-likeness (QED) is 0.526. The number of nitrogens with zero attached hydrogens (tertiary/aromatic N) is 3. The summed E-state index contributed by atoms with van der Waals surface area (Å²) in [6, 6.07) is 6.15. The summed E-state index contributed by atoms with van der Waals surface area (Å²) < 4.78 is 4.23. The Morgan fingerprint density at radius 2 is 2.00 bits per heavy atom. The zero-order valence-corrected chi connectivity index (χ0v) is 8.23. The maximum atomic E-state index is 4.53. The minimum atomic E-state index is 0.996. The first-order valence-electron chi connectivity index (χ1n) is 4.69. The second kappa shape index (κ2) is 2.38. The Morgan fingerprint density at radius 1 is 1.14 bits per heavy atom. The number of hydrogen-bond donors (Lipinski definition) is 0. The molecule has 0 saturated carbocycles. The fourth-order valence-electron chi connectivity index (χ4n) is 1.81. The molecule has 0 fully saturated rings. The van der Waals surface area contributed by atoms with Crippen LogP contribution in [-0.2, 0) is 0 Å². The molecule has 3 heterocycles. The summed E-state index contributed by atoms with van der Waals surface area (Å²) in [6.07, 6.45) is 4.15. The van der Waals surface area contributed by atoms with Crippen LogP contribution < -0.4 is 0 Å². The van der Waals surface area contributed by atoms with Crippen LogP contribution in [0.2, 0.25) is 0 Å². The van der Waals surface area contributed by atoms with E-state index in [1.54, 1.807) is 0 Å². The van der Waals surface area contributed by atoms with Gasteiger partial charge in [0.25, 0.3) is 0 Å². The highest BCUT2D eigenvalue weighted by Gasteiger charge is 2.08. The number of imidazole rings is 2. The summed E-state index contributed by atoms with van der Waals surface area (Å²) in [5.74, 6) is 0.996. The average Bonchev–Trinajstić information content (AvgIpc) is 2.67. The molecular weight excluding hydrogens is 174 g/mol.